The molecule has 5 heteroatoms. The Labute approximate surface area is 112 Å². The zero-order valence-corrected chi connectivity index (χ0v) is 11.5. The third kappa shape index (κ3) is 3.14. The normalized spacial score (nSPS) is 10.2. The molecule has 0 aliphatic heterocycles. The molecule has 0 aliphatic carbocycles. The SMILES string of the molecule is CC(=O)c1ccc(Br)cc1Sc1ncccn1. The van der Waals surface area contributed by atoms with Crippen LogP contribution in [0.1, 0.15) is 17.3 Å². The van der Waals surface area contributed by atoms with Crippen molar-refractivity contribution in [2.24, 2.45) is 0 Å². The quantitative estimate of drug-likeness (QED) is 0.642. The summed E-state index contributed by atoms with van der Waals surface area (Å²) in [5.41, 5.74) is 0.686. The van der Waals surface area contributed by atoms with Crippen LogP contribution >= 0.6 is 27.7 Å². The van der Waals surface area contributed by atoms with Crippen LogP contribution in [0.3, 0.4) is 0 Å². The van der Waals surface area contributed by atoms with Gasteiger partial charge < -0.3 is 0 Å². The molecule has 0 atom stereocenters. The first-order chi connectivity index (χ1) is 8.16. The number of nitrogens with zero attached hydrogens (tertiary/aromatic N) is 2. The molecule has 1 aromatic carbocycles. The lowest BCUT2D eigenvalue weighted by Gasteiger charge is -2.05. The minimum atomic E-state index is 0.0379. The lowest BCUT2D eigenvalue weighted by atomic mass is 10.1. The predicted octanol–water partition coefficient (Wildman–Crippen LogP) is 3.59. The molecule has 0 amide bonds. The summed E-state index contributed by atoms with van der Waals surface area (Å²) in [4.78, 5) is 20.6. The first kappa shape index (κ1) is 12.3. The van der Waals surface area contributed by atoms with Gasteiger partial charge in [-0.15, -0.1) is 0 Å². The standard InChI is InChI=1S/C12H9BrN2OS/c1-8(16)10-4-3-9(13)7-11(10)17-12-14-5-2-6-15-12/h2-7H,1H3. The van der Waals surface area contributed by atoms with E-state index in [1.165, 1.54) is 11.8 Å². The van der Waals surface area contributed by atoms with Crippen molar-refractivity contribution in [3.8, 4) is 0 Å². The summed E-state index contributed by atoms with van der Waals surface area (Å²) < 4.78 is 0.931. The Hall–Kier alpha value is -1.20. The van der Waals surface area contributed by atoms with Gasteiger partial charge in [0.1, 0.15) is 0 Å². The lowest BCUT2D eigenvalue weighted by Crippen LogP contribution is -1.95. The highest BCUT2D eigenvalue weighted by molar-refractivity contribution is 9.10. The van der Waals surface area contributed by atoms with Gasteiger partial charge in [-0.25, -0.2) is 9.97 Å². The van der Waals surface area contributed by atoms with Crippen molar-refractivity contribution in [1.82, 2.24) is 9.97 Å². The maximum atomic E-state index is 11.5. The first-order valence-electron chi connectivity index (χ1n) is 4.92. The van der Waals surface area contributed by atoms with Crippen LogP contribution in [0.4, 0.5) is 0 Å². The molecular weight excluding hydrogens is 300 g/mol. The summed E-state index contributed by atoms with van der Waals surface area (Å²) in [6, 6.07) is 7.32. The number of carbonyl (C=O) groups is 1. The molecule has 86 valence electrons. The zero-order valence-electron chi connectivity index (χ0n) is 9.05. The van der Waals surface area contributed by atoms with Crippen LogP contribution in [-0.2, 0) is 0 Å². The van der Waals surface area contributed by atoms with Crippen LogP contribution in [0, 0.1) is 0 Å². The van der Waals surface area contributed by atoms with Crippen molar-refractivity contribution >= 4 is 33.5 Å². The first-order valence-corrected chi connectivity index (χ1v) is 6.53. The van der Waals surface area contributed by atoms with Crippen LogP contribution < -0.4 is 0 Å². The molecule has 0 saturated heterocycles. The largest absolute Gasteiger partial charge is 0.294 e. The molecule has 3 nitrogen and oxygen atoms in total. The van der Waals surface area contributed by atoms with Crippen LogP contribution in [0.2, 0.25) is 0 Å². The molecule has 1 aromatic heterocycles. The predicted molar refractivity (Wildman–Crippen MR) is 70.3 cm³/mol. The minimum absolute atomic E-state index is 0.0379. The summed E-state index contributed by atoms with van der Waals surface area (Å²) in [6.07, 6.45) is 3.36. The molecule has 2 rings (SSSR count). The maximum Gasteiger partial charge on any atom is 0.192 e. The summed E-state index contributed by atoms with van der Waals surface area (Å²) in [7, 11) is 0. The molecule has 1 heterocycles. The average Bonchev–Trinajstić information content (AvgIpc) is 2.30. The second-order valence-electron chi connectivity index (χ2n) is 3.33. The minimum Gasteiger partial charge on any atom is -0.294 e. The van der Waals surface area contributed by atoms with E-state index in [2.05, 4.69) is 25.9 Å². The summed E-state index contributed by atoms with van der Waals surface area (Å²) in [5.74, 6) is 0.0379. The molecule has 0 unspecified atom stereocenters. The van der Waals surface area contributed by atoms with Crippen molar-refractivity contribution < 1.29 is 4.79 Å². The van der Waals surface area contributed by atoms with Crippen molar-refractivity contribution in [2.45, 2.75) is 17.0 Å². The monoisotopic (exact) mass is 308 g/mol. The van der Waals surface area contributed by atoms with E-state index >= 15 is 0 Å². The van der Waals surface area contributed by atoms with Gasteiger partial charge in [0.25, 0.3) is 0 Å². The number of carbonyl (C=O) groups excluding carboxylic acids is 1. The number of halogens is 1. The molecule has 0 N–H and O–H groups in total. The van der Waals surface area contributed by atoms with E-state index < -0.39 is 0 Å². The number of Topliss-reactive ketones (excluding diaryl/α,β-unsaturated/α-hetero) is 1. The van der Waals surface area contributed by atoms with E-state index in [4.69, 9.17) is 0 Å². The molecule has 0 fully saturated rings. The fourth-order valence-corrected chi connectivity index (χ4v) is 2.75. The zero-order chi connectivity index (χ0) is 12.3. The average molecular weight is 309 g/mol. The van der Waals surface area contributed by atoms with E-state index in [1.807, 2.05) is 12.1 Å². The van der Waals surface area contributed by atoms with E-state index in [1.54, 1.807) is 31.5 Å². The van der Waals surface area contributed by atoms with Gasteiger partial charge in [-0.1, -0.05) is 15.9 Å². The van der Waals surface area contributed by atoms with Crippen molar-refractivity contribution in [1.29, 1.82) is 0 Å². The summed E-state index contributed by atoms with van der Waals surface area (Å²) in [5, 5.41) is 0.633. The van der Waals surface area contributed by atoms with Crippen molar-refractivity contribution in [3.05, 3.63) is 46.7 Å². The number of rotatable bonds is 3. The van der Waals surface area contributed by atoms with Gasteiger partial charge in [0.2, 0.25) is 0 Å². The second-order valence-corrected chi connectivity index (χ2v) is 5.25. The Bertz CT molecular complexity index is 545. The smallest absolute Gasteiger partial charge is 0.192 e. The molecule has 0 radical (unpaired) electrons. The number of aromatic nitrogens is 2. The molecule has 2 aromatic rings. The fraction of sp³-hybridized carbons (Fsp3) is 0.0833. The van der Waals surface area contributed by atoms with Crippen molar-refractivity contribution in [3.63, 3.8) is 0 Å². The van der Waals surface area contributed by atoms with Crippen LogP contribution in [-0.4, -0.2) is 15.8 Å². The molecule has 17 heavy (non-hydrogen) atoms. The Morgan fingerprint density at radius 2 is 2.00 bits per heavy atom. The summed E-state index contributed by atoms with van der Waals surface area (Å²) in [6.45, 7) is 1.55. The fourth-order valence-electron chi connectivity index (χ4n) is 1.31. The Balaban J connectivity index is 2.37. The lowest BCUT2D eigenvalue weighted by molar-refractivity contribution is 0.101. The van der Waals surface area contributed by atoms with Crippen molar-refractivity contribution in [2.75, 3.05) is 0 Å². The second kappa shape index (κ2) is 5.42. The van der Waals surface area contributed by atoms with Gasteiger partial charge in [0.05, 0.1) is 0 Å². The van der Waals surface area contributed by atoms with Gasteiger partial charge in [-0.3, -0.25) is 4.79 Å². The Morgan fingerprint density at radius 3 is 2.65 bits per heavy atom. The van der Waals surface area contributed by atoms with E-state index in [-0.39, 0.29) is 5.78 Å². The van der Waals surface area contributed by atoms with Gasteiger partial charge in [0.15, 0.2) is 10.9 Å². The molecule has 0 spiro atoms. The Kier molecular flexibility index (Phi) is 3.91. The summed E-state index contributed by atoms with van der Waals surface area (Å²) >= 11 is 4.78. The molecular formula is C12H9BrN2OS. The topological polar surface area (TPSA) is 42.9 Å². The van der Waals surface area contributed by atoms with E-state index in [9.17, 15) is 4.79 Å². The molecule has 0 saturated carbocycles. The number of hydrogen-bond donors (Lipinski definition) is 0. The van der Waals surface area contributed by atoms with Gasteiger partial charge in [-0.05, 0) is 43.0 Å². The maximum absolute atomic E-state index is 11.5. The highest BCUT2D eigenvalue weighted by Crippen LogP contribution is 2.30. The Morgan fingerprint density at radius 1 is 1.29 bits per heavy atom. The highest BCUT2D eigenvalue weighted by atomic mass is 79.9. The van der Waals surface area contributed by atoms with Gasteiger partial charge >= 0.3 is 0 Å². The highest BCUT2D eigenvalue weighted by Gasteiger charge is 2.10. The number of hydrogen-bond acceptors (Lipinski definition) is 4. The van der Waals surface area contributed by atoms with Crippen LogP contribution in [0.25, 0.3) is 0 Å². The third-order valence-corrected chi connectivity index (χ3v) is 3.51. The molecule has 0 bridgehead atoms. The third-order valence-electron chi connectivity index (χ3n) is 2.07. The molecule has 0 aliphatic rings. The van der Waals surface area contributed by atoms with E-state index in [0.717, 1.165) is 9.37 Å². The number of benzene rings is 1. The van der Waals surface area contributed by atoms with Gasteiger partial charge in [-0.2, -0.15) is 0 Å². The van der Waals surface area contributed by atoms with Crippen LogP contribution in [0.15, 0.2) is 51.2 Å². The van der Waals surface area contributed by atoms with Gasteiger partial charge in [0, 0.05) is 27.3 Å². The van der Waals surface area contributed by atoms with Crippen LogP contribution in [0.5, 0.6) is 0 Å². The number of ketones is 1. The van der Waals surface area contributed by atoms with E-state index in [0.29, 0.717) is 10.7 Å².